The van der Waals surface area contributed by atoms with E-state index in [-0.39, 0.29) is 5.56 Å². The van der Waals surface area contributed by atoms with Gasteiger partial charge >= 0.3 is 5.97 Å². The van der Waals surface area contributed by atoms with Crippen LogP contribution in [-0.4, -0.2) is 15.5 Å². The molecule has 2 heterocycles. The van der Waals surface area contributed by atoms with Gasteiger partial charge in [0.25, 0.3) is 0 Å². The zero-order chi connectivity index (χ0) is 14.1. The molecule has 0 fully saturated rings. The van der Waals surface area contributed by atoms with Gasteiger partial charge in [-0.05, 0) is 30.3 Å². The van der Waals surface area contributed by atoms with Crippen LogP contribution in [0.15, 0.2) is 42.6 Å². The molecule has 0 unspecified atom stereocenters. The van der Waals surface area contributed by atoms with Gasteiger partial charge in [0, 0.05) is 24.0 Å². The van der Waals surface area contributed by atoms with Crippen molar-refractivity contribution < 1.29 is 14.6 Å². The molecule has 0 atom stereocenters. The van der Waals surface area contributed by atoms with Crippen LogP contribution in [0.1, 0.15) is 17.3 Å². The molecule has 0 radical (unpaired) electrons. The number of carboxylic acids is 1. The van der Waals surface area contributed by atoms with Crippen LogP contribution in [0.2, 0.25) is 0 Å². The number of fused-ring (bicyclic) bond motifs is 3. The first-order valence-corrected chi connectivity index (χ1v) is 6.06. The standard InChI is InChI=1S/C16H11NO3/c1-2-7-20-14-5-6-15-11(9-14)3-4-13-8-12(16(18)19)10-17(13)15/h3-6,8-10H,1H3,(H,18,19). The zero-order valence-electron chi connectivity index (χ0n) is 10.8. The van der Waals surface area contributed by atoms with E-state index < -0.39 is 5.97 Å². The monoisotopic (exact) mass is 265 g/mol. The summed E-state index contributed by atoms with van der Waals surface area (Å²) in [5.41, 5.74) is 2.04. The van der Waals surface area contributed by atoms with E-state index in [4.69, 9.17) is 9.84 Å². The number of rotatable bonds is 2. The molecule has 1 N–H and O–H groups in total. The fraction of sp³-hybridized carbons (Fsp3) is 0.0625. The van der Waals surface area contributed by atoms with E-state index in [0.29, 0.717) is 5.75 Å². The summed E-state index contributed by atoms with van der Waals surface area (Å²) in [7, 11) is 0. The van der Waals surface area contributed by atoms with Crippen molar-refractivity contribution in [2.75, 3.05) is 0 Å². The molecule has 0 aliphatic heterocycles. The van der Waals surface area contributed by atoms with Crippen LogP contribution in [0.5, 0.6) is 5.75 Å². The Hall–Kier alpha value is -2.93. The minimum Gasteiger partial charge on any atom is -0.478 e. The molecule has 0 aliphatic rings. The molecule has 3 aromatic rings. The van der Waals surface area contributed by atoms with Crippen LogP contribution >= 0.6 is 0 Å². The SMILES string of the molecule is CC#COc1ccc2c(ccc3cc(C(=O)O)cn32)c1. The average Bonchev–Trinajstić information content (AvgIpc) is 2.89. The molecular formula is C16H11NO3. The van der Waals surface area contributed by atoms with Gasteiger partial charge in [-0.2, -0.15) is 0 Å². The van der Waals surface area contributed by atoms with Gasteiger partial charge in [0.15, 0.2) is 0 Å². The topological polar surface area (TPSA) is 50.9 Å². The highest BCUT2D eigenvalue weighted by molar-refractivity contribution is 5.92. The van der Waals surface area contributed by atoms with Crippen molar-refractivity contribution in [3.63, 3.8) is 0 Å². The number of ether oxygens (including phenoxy) is 1. The quantitative estimate of drug-likeness (QED) is 0.724. The molecule has 0 saturated carbocycles. The molecule has 0 bridgehead atoms. The minimum absolute atomic E-state index is 0.273. The molecule has 4 nitrogen and oxygen atoms in total. The summed E-state index contributed by atoms with van der Waals surface area (Å²) in [6.07, 6.45) is 4.17. The highest BCUT2D eigenvalue weighted by Gasteiger charge is 2.08. The second-order valence-corrected chi connectivity index (χ2v) is 4.34. The van der Waals surface area contributed by atoms with Crippen molar-refractivity contribution in [3.8, 4) is 17.8 Å². The fourth-order valence-electron chi connectivity index (χ4n) is 2.17. The summed E-state index contributed by atoms with van der Waals surface area (Å²) >= 11 is 0. The van der Waals surface area contributed by atoms with Gasteiger partial charge in [0.2, 0.25) is 0 Å². The van der Waals surface area contributed by atoms with Gasteiger partial charge in [0.1, 0.15) is 11.9 Å². The number of benzene rings is 1. The molecule has 3 rings (SSSR count). The number of aromatic carboxylic acids is 1. The van der Waals surface area contributed by atoms with Crippen LogP contribution < -0.4 is 4.74 Å². The number of carboxylic acid groups (broad SMARTS) is 1. The van der Waals surface area contributed by atoms with Gasteiger partial charge in [-0.25, -0.2) is 4.79 Å². The Bertz CT molecular complexity index is 881. The summed E-state index contributed by atoms with van der Waals surface area (Å²) in [5.74, 6) is 2.40. The Balaban J connectivity index is 2.20. The van der Waals surface area contributed by atoms with Crippen molar-refractivity contribution in [1.82, 2.24) is 4.40 Å². The molecular weight excluding hydrogens is 254 g/mol. The Kier molecular flexibility index (Phi) is 2.81. The molecule has 0 saturated heterocycles. The van der Waals surface area contributed by atoms with Gasteiger partial charge in [0.05, 0.1) is 11.1 Å². The number of aromatic nitrogens is 1. The number of carbonyl (C=O) groups is 1. The number of pyridine rings is 1. The van der Waals surface area contributed by atoms with E-state index in [0.717, 1.165) is 16.4 Å². The molecule has 2 aromatic heterocycles. The van der Waals surface area contributed by atoms with Gasteiger partial charge in [-0.15, -0.1) is 0 Å². The van der Waals surface area contributed by atoms with Crippen molar-refractivity contribution in [2.45, 2.75) is 6.92 Å². The fourth-order valence-corrected chi connectivity index (χ4v) is 2.17. The van der Waals surface area contributed by atoms with E-state index in [1.165, 1.54) is 0 Å². The van der Waals surface area contributed by atoms with Crippen molar-refractivity contribution in [3.05, 3.63) is 48.2 Å². The number of hydrogen-bond acceptors (Lipinski definition) is 2. The van der Waals surface area contributed by atoms with Crippen LogP contribution in [0.25, 0.3) is 16.4 Å². The Morgan fingerprint density at radius 2 is 2.10 bits per heavy atom. The summed E-state index contributed by atoms with van der Waals surface area (Å²) in [4.78, 5) is 11.0. The summed E-state index contributed by atoms with van der Waals surface area (Å²) < 4.78 is 7.11. The maximum atomic E-state index is 11.0. The van der Waals surface area contributed by atoms with Gasteiger partial charge in [-0.3, -0.25) is 0 Å². The largest absolute Gasteiger partial charge is 0.478 e. The van der Waals surface area contributed by atoms with Crippen LogP contribution in [0.4, 0.5) is 0 Å². The smallest absolute Gasteiger partial charge is 0.337 e. The van der Waals surface area contributed by atoms with Crippen LogP contribution in [-0.2, 0) is 0 Å². The minimum atomic E-state index is -0.931. The third-order valence-corrected chi connectivity index (χ3v) is 3.06. The summed E-state index contributed by atoms with van der Waals surface area (Å²) in [6.45, 7) is 1.71. The highest BCUT2D eigenvalue weighted by atomic mass is 16.5. The second-order valence-electron chi connectivity index (χ2n) is 4.34. The third kappa shape index (κ3) is 1.95. The third-order valence-electron chi connectivity index (χ3n) is 3.06. The van der Waals surface area contributed by atoms with Crippen molar-refractivity contribution in [1.29, 1.82) is 0 Å². The molecule has 0 aliphatic carbocycles. The van der Waals surface area contributed by atoms with Gasteiger partial charge < -0.3 is 14.2 Å². The Labute approximate surface area is 115 Å². The van der Waals surface area contributed by atoms with Gasteiger partial charge in [-0.1, -0.05) is 12.0 Å². The summed E-state index contributed by atoms with van der Waals surface area (Å²) in [5, 5.41) is 10.0. The predicted molar refractivity (Wildman–Crippen MR) is 75.9 cm³/mol. The van der Waals surface area contributed by atoms with E-state index in [1.807, 2.05) is 34.7 Å². The first-order valence-electron chi connectivity index (χ1n) is 6.06. The molecule has 98 valence electrons. The first kappa shape index (κ1) is 12.1. The summed E-state index contributed by atoms with van der Waals surface area (Å²) in [6, 6.07) is 11.0. The average molecular weight is 265 g/mol. The lowest BCUT2D eigenvalue weighted by molar-refractivity contribution is 0.0697. The molecule has 0 spiro atoms. The first-order chi connectivity index (χ1) is 9.69. The molecule has 0 amide bonds. The Morgan fingerprint density at radius 3 is 2.85 bits per heavy atom. The predicted octanol–water partition coefficient (Wildman–Crippen LogP) is 3.15. The lowest BCUT2D eigenvalue weighted by Crippen LogP contribution is -1.92. The maximum absolute atomic E-state index is 11.0. The lowest BCUT2D eigenvalue weighted by atomic mass is 10.2. The van der Waals surface area contributed by atoms with E-state index in [1.54, 1.807) is 19.2 Å². The molecule has 20 heavy (non-hydrogen) atoms. The molecule has 1 aromatic carbocycles. The lowest BCUT2D eigenvalue weighted by Gasteiger charge is -2.04. The van der Waals surface area contributed by atoms with E-state index >= 15 is 0 Å². The van der Waals surface area contributed by atoms with Crippen molar-refractivity contribution in [2.24, 2.45) is 0 Å². The zero-order valence-corrected chi connectivity index (χ0v) is 10.8. The maximum Gasteiger partial charge on any atom is 0.337 e. The van der Waals surface area contributed by atoms with Crippen molar-refractivity contribution >= 4 is 22.4 Å². The second kappa shape index (κ2) is 4.63. The highest BCUT2D eigenvalue weighted by Crippen LogP contribution is 2.23. The number of hydrogen-bond donors (Lipinski definition) is 1. The Morgan fingerprint density at radius 1 is 1.25 bits per heavy atom. The normalized spacial score (nSPS) is 10.2. The van der Waals surface area contributed by atoms with E-state index in [9.17, 15) is 4.79 Å². The van der Waals surface area contributed by atoms with E-state index in [2.05, 4.69) is 12.0 Å². The number of nitrogens with zero attached hydrogens (tertiary/aromatic N) is 1. The molecule has 4 heteroatoms. The van der Waals surface area contributed by atoms with Crippen LogP contribution in [0.3, 0.4) is 0 Å². The van der Waals surface area contributed by atoms with Crippen LogP contribution in [0, 0.1) is 12.0 Å².